The Morgan fingerprint density at radius 2 is 1.47 bits per heavy atom. The molecule has 0 amide bonds. The molecule has 0 spiro atoms. The fourth-order valence-corrected chi connectivity index (χ4v) is 6.80. The number of ether oxygens (including phenoxy) is 3. The topological polar surface area (TPSA) is 27.7 Å². The Hall–Kier alpha value is -2.00. The molecule has 0 aromatic heterocycles. The Kier molecular flexibility index (Phi) is 6.46. The van der Waals surface area contributed by atoms with Gasteiger partial charge in [0.25, 0.3) is 0 Å². The quantitative estimate of drug-likeness (QED) is 0.370. The summed E-state index contributed by atoms with van der Waals surface area (Å²) >= 11 is 0. The zero-order valence-corrected chi connectivity index (χ0v) is 19.7. The average Bonchev–Trinajstić information content (AvgIpc) is 2.80. The SMILES string of the molecule is CCC(C)c1ccc(OC(COc2ccccc2)OCC23CC4CC(CC(C4)C2)C3)cc1. The maximum absolute atomic E-state index is 6.50. The minimum atomic E-state index is -0.405. The Bertz CT molecular complexity index is 824. The molecular formula is C29H38O3. The Morgan fingerprint density at radius 1 is 0.844 bits per heavy atom. The van der Waals surface area contributed by atoms with Crippen LogP contribution in [0.25, 0.3) is 0 Å². The molecule has 4 bridgehead atoms. The van der Waals surface area contributed by atoms with Crippen LogP contribution in [0.1, 0.15) is 70.3 Å². The first kappa shape index (κ1) is 21.8. The fraction of sp³-hybridized carbons (Fsp3) is 0.586. The summed E-state index contributed by atoms with van der Waals surface area (Å²) < 4.78 is 18.9. The highest BCUT2D eigenvalue weighted by atomic mass is 16.7. The summed E-state index contributed by atoms with van der Waals surface area (Å²) in [4.78, 5) is 0. The van der Waals surface area contributed by atoms with E-state index in [9.17, 15) is 0 Å². The summed E-state index contributed by atoms with van der Waals surface area (Å²) in [6, 6.07) is 18.5. The molecule has 3 nitrogen and oxygen atoms in total. The van der Waals surface area contributed by atoms with Gasteiger partial charge in [-0.25, -0.2) is 0 Å². The molecule has 32 heavy (non-hydrogen) atoms. The summed E-state index contributed by atoms with van der Waals surface area (Å²) in [5.74, 6) is 5.05. The molecule has 0 heterocycles. The monoisotopic (exact) mass is 434 g/mol. The molecule has 4 fully saturated rings. The summed E-state index contributed by atoms with van der Waals surface area (Å²) in [5.41, 5.74) is 1.72. The van der Waals surface area contributed by atoms with Crippen LogP contribution < -0.4 is 9.47 Å². The van der Waals surface area contributed by atoms with Crippen molar-refractivity contribution in [1.29, 1.82) is 0 Å². The van der Waals surface area contributed by atoms with Gasteiger partial charge in [0.2, 0.25) is 6.29 Å². The third-order valence-electron chi connectivity index (χ3n) is 8.20. The molecule has 0 aliphatic heterocycles. The molecule has 4 aliphatic rings. The largest absolute Gasteiger partial charge is 0.487 e. The van der Waals surface area contributed by atoms with Crippen molar-refractivity contribution < 1.29 is 14.2 Å². The van der Waals surface area contributed by atoms with Crippen LogP contribution in [0.3, 0.4) is 0 Å². The highest BCUT2D eigenvalue weighted by Gasteiger charge is 2.51. The van der Waals surface area contributed by atoms with Gasteiger partial charge >= 0.3 is 0 Å². The number of rotatable bonds is 10. The van der Waals surface area contributed by atoms with Crippen molar-refractivity contribution in [3.63, 3.8) is 0 Å². The molecule has 2 atom stereocenters. The maximum Gasteiger partial charge on any atom is 0.234 e. The fourth-order valence-electron chi connectivity index (χ4n) is 6.80. The maximum atomic E-state index is 6.50. The van der Waals surface area contributed by atoms with Gasteiger partial charge in [-0.05, 0) is 104 Å². The molecule has 6 rings (SSSR count). The lowest BCUT2D eigenvalue weighted by atomic mass is 9.50. The van der Waals surface area contributed by atoms with Crippen molar-refractivity contribution in [3.05, 3.63) is 60.2 Å². The second-order valence-electron chi connectivity index (χ2n) is 10.8. The predicted molar refractivity (Wildman–Crippen MR) is 128 cm³/mol. The molecule has 2 aromatic rings. The van der Waals surface area contributed by atoms with E-state index in [1.807, 2.05) is 30.3 Å². The van der Waals surface area contributed by atoms with Crippen LogP contribution in [0.5, 0.6) is 11.5 Å². The minimum Gasteiger partial charge on any atom is -0.487 e. The third-order valence-corrected chi connectivity index (χ3v) is 8.20. The molecule has 4 aliphatic carbocycles. The lowest BCUT2D eigenvalue weighted by molar-refractivity contribution is -0.162. The molecule has 4 saturated carbocycles. The summed E-state index contributed by atoms with van der Waals surface area (Å²) in [6.07, 6.45) is 9.13. The van der Waals surface area contributed by atoms with Crippen molar-refractivity contribution in [1.82, 2.24) is 0 Å². The molecule has 172 valence electrons. The van der Waals surface area contributed by atoms with Crippen LogP contribution in [0, 0.1) is 23.2 Å². The minimum absolute atomic E-state index is 0.365. The Morgan fingerprint density at radius 3 is 2.06 bits per heavy atom. The smallest absolute Gasteiger partial charge is 0.234 e. The first-order chi connectivity index (χ1) is 15.6. The van der Waals surface area contributed by atoms with E-state index in [0.717, 1.165) is 42.3 Å². The normalized spacial score (nSPS) is 30.1. The second-order valence-corrected chi connectivity index (χ2v) is 10.8. The molecule has 0 saturated heterocycles. The van der Waals surface area contributed by atoms with Gasteiger partial charge in [-0.15, -0.1) is 0 Å². The predicted octanol–water partition coefficient (Wildman–Crippen LogP) is 7.22. The summed E-state index contributed by atoms with van der Waals surface area (Å²) in [5, 5.41) is 0. The second kappa shape index (κ2) is 9.47. The van der Waals surface area contributed by atoms with Crippen LogP contribution in [-0.2, 0) is 4.74 Å². The molecule has 3 heteroatoms. The van der Waals surface area contributed by atoms with E-state index in [0.29, 0.717) is 17.9 Å². The van der Waals surface area contributed by atoms with Gasteiger partial charge in [-0.1, -0.05) is 44.2 Å². The number of hydrogen-bond donors (Lipinski definition) is 0. The van der Waals surface area contributed by atoms with E-state index in [1.165, 1.54) is 44.1 Å². The van der Waals surface area contributed by atoms with E-state index in [4.69, 9.17) is 14.2 Å². The van der Waals surface area contributed by atoms with E-state index < -0.39 is 6.29 Å². The van der Waals surface area contributed by atoms with Crippen molar-refractivity contribution >= 4 is 0 Å². The lowest BCUT2D eigenvalue weighted by Crippen LogP contribution is -2.49. The molecule has 0 radical (unpaired) electrons. The van der Waals surface area contributed by atoms with Crippen LogP contribution in [0.15, 0.2) is 54.6 Å². The summed E-state index contributed by atoms with van der Waals surface area (Å²) in [6.45, 7) is 5.68. The lowest BCUT2D eigenvalue weighted by Gasteiger charge is -2.56. The molecule has 2 unspecified atom stereocenters. The van der Waals surface area contributed by atoms with Crippen molar-refractivity contribution in [3.8, 4) is 11.5 Å². The summed E-state index contributed by atoms with van der Waals surface area (Å²) in [7, 11) is 0. The van der Waals surface area contributed by atoms with Gasteiger partial charge in [0, 0.05) is 0 Å². The molecule has 2 aromatic carbocycles. The van der Waals surface area contributed by atoms with Gasteiger partial charge in [-0.3, -0.25) is 0 Å². The van der Waals surface area contributed by atoms with Gasteiger partial charge in [0.15, 0.2) is 6.61 Å². The molecule has 0 N–H and O–H groups in total. The van der Waals surface area contributed by atoms with Crippen LogP contribution in [-0.4, -0.2) is 19.5 Å². The van der Waals surface area contributed by atoms with Crippen LogP contribution in [0.4, 0.5) is 0 Å². The Balaban J connectivity index is 1.25. The van der Waals surface area contributed by atoms with Gasteiger partial charge in [-0.2, -0.15) is 0 Å². The standard InChI is InChI=1S/C29H38O3/c1-3-21(2)25-9-11-27(12-10-25)32-28(19-30-26-7-5-4-6-8-26)31-20-29-16-22-13-23(17-29)15-24(14-22)18-29/h4-12,21-24,28H,3,13-20H2,1-2H3. The number of hydrogen-bond acceptors (Lipinski definition) is 3. The Labute approximate surface area is 193 Å². The number of para-hydroxylation sites is 1. The highest BCUT2D eigenvalue weighted by Crippen LogP contribution is 2.60. The van der Waals surface area contributed by atoms with Gasteiger partial charge in [0.1, 0.15) is 11.5 Å². The van der Waals surface area contributed by atoms with Gasteiger partial charge < -0.3 is 14.2 Å². The van der Waals surface area contributed by atoms with E-state index in [1.54, 1.807) is 0 Å². The zero-order chi connectivity index (χ0) is 22.0. The first-order valence-corrected chi connectivity index (χ1v) is 12.7. The first-order valence-electron chi connectivity index (χ1n) is 12.7. The van der Waals surface area contributed by atoms with E-state index >= 15 is 0 Å². The molecular weight excluding hydrogens is 396 g/mol. The van der Waals surface area contributed by atoms with E-state index in [-0.39, 0.29) is 0 Å². The highest BCUT2D eigenvalue weighted by molar-refractivity contribution is 5.29. The van der Waals surface area contributed by atoms with E-state index in [2.05, 4.69) is 38.1 Å². The average molecular weight is 435 g/mol. The zero-order valence-electron chi connectivity index (χ0n) is 19.7. The van der Waals surface area contributed by atoms with Crippen LogP contribution in [0.2, 0.25) is 0 Å². The number of benzene rings is 2. The van der Waals surface area contributed by atoms with Crippen molar-refractivity contribution in [2.45, 2.75) is 71.0 Å². The third kappa shape index (κ3) is 4.98. The van der Waals surface area contributed by atoms with Gasteiger partial charge in [0.05, 0.1) is 6.61 Å². The van der Waals surface area contributed by atoms with Crippen LogP contribution >= 0.6 is 0 Å². The van der Waals surface area contributed by atoms with Crippen molar-refractivity contribution in [2.75, 3.05) is 13.2 Å². The van der Waals surface area contributed by atoms with Crippen molar-refractivity contribution in [2.24, 2.45) is 23.2 Å².